The van der Waals surface area contributed by atoms with Crippen molar-refractivity contribution in [3.63, 3.8) is 0 Å². The van der Waals surface area contributed by atoms with Gasteiger partial charge in [-0.25, -0.2) is 8.42 Å². The SMILES string of the molecule is C[C@@H]1CN(S(=O)(=O)c2ccc(C(F)(F)F)cc2Cl)C[C@H]1CO. The van der Waals surface area contributed by atoms with Crippen LogP contribution in [0.5, 0.6) is 0 Å². The van der Waals surface area contributed by atoms with Gasteiger partial charge in [0.15, 0.2) is 0 Å². The van der Waals surface area contributed by atoms with Crippen molar-refractivity contribution in [3.8, 4) is 0 Å². The highest BCUT2D eigenvalue weighted by molar-refractivity contribution is 7.89. The molecule has 0 bridgehead atoms. The van der Waals surface area contributed by atoms with Gasteiger partial charge in [-0.3, -0.25) is 0 Å². The molecule has 22 heavy (non-hydrogen) atoms. The number of sulfonamides is 1. The monoisotopic (exact) mass is 357 g/mol. The third-order valence-corrected chi connectivity index (χ3v) is 6.16. The Bertz CT molecular complexity index is 663. The lowest BCUT2D eigenvalue weighted by molar-refractivity contribution is -0.137. The van der Waals surface area contributed by atoms with Crippen molar-refractivity contribution in [1.82, 2.24) is 4.31 Å². The van der Waals surface area contributed by atoms with E-state index in [0.29, 0.717) is 12.1 Å². The summed E-state index contributed by atoms with van der Waals surface area (Å²) in [5.41, 5.74) is -1.00. The average Bonchev–Trinajstić information content (AvgIpc) is 2.79. The summed E-state index contributed by atoms with van der Waals surface area (Å²) in [6, 6.07) is 2.18. The molecule has 0 unspecified atom stereocenters. The van der Waals surface area contributed by atoms with Gasteiger partial charge >= 0.3 is 6.18 Å². The van der Waals surface area contributed by atoms with E-state index in [4.69, 9.17) is 11.6 Å². The zero-order valence-electron chi connectivity index (χ0n) is 11.6. The molecular weight excluding hydrogens is 343 g/mol. The van der Waals surface area contributed by atoms with Gasteiger partial charge in [-0.05, 0) is 30.0 Å². The summed E-state index contributed by atoms with van der Waals surface area (Å²) in [6.45, 7) is 1.99. The van der Waals surface area contributed by atoms with Crippen molar-refractivity contribution in [2.45, 2.75) is 18.0 Å². The number of alkyl halides is 3. The maximum atomic E-state index is 12.6. The maximum absolute atomic E-state index is 12.6. The van der Waals surface area contributed by atoms with E-state index in [9.17, 15) is 26.7 Å². The van der Waals surface area contributed by atoms with E-state index in [2.05, 4.69) is 0 Å². The van der Waals surface area contributed by atoms with Gasteiger partial charge in [0, 0.05) is 19.7 Å². The number of benzene rings is 1. The lowest BCUT2D eigenvalue weighted by Gasteiger charge is -2.18. The Morgan fingerprint density at radius 1 is 1.36 bits per heavy atom. The molecule has 1 aromatic carbocycles. The van der Waals surface area contributed by atoms with Gasteiger partial charge in [-0.2, -0.15) is 17.5 Å². The van der Waals surface area contributed by atoms with Gasteiger partial charge in [-0.15, -0.1) is 0 Å². The van der Waals surface area contributed by atoms with Crippen LogP contribution in [-0.4, -0.2) is 37.5 Å². The van der Waals surface area contributed by atoms with Gasteiger partial charge in [0.25, 0.3) is 0 Å². The second-order valence-corrected chi connectivity index (χ2v) is 7.70. The lowest BCUT2D eigenvalue weighted by Crippen LogP contribution is -2.29. The molecule has 124 valence electrons. The quantitative estimate of drug-likeness (QED) is 0.904. The summed E-state index contributed by atoms with van der Waals surface area (Å²) in [6.07, 6.45) is -4.59. The highest BCUT2D eigenvalue weighted by atomic mass is 35.5. The topological polar surface area (TPSA) is 57.6 Å². The Morgan fingerprint density at radius 2 is 2.00 bits per heavy atom. The molecule has 1 aliphatic heterocycles. The van der Waals surface area contributed by atoms with E-state index < -0.39 is 26.8 Å². The van der Waals surface area contributed by atoms with Crippen LogP contribution in [0.3, 0.4) is 0 Å². The van der Waals surface area contributed by atoms with E-state index in [-0.39, 0.29) is 36.4 Å². The van der Waals surface area contributed by atoms with Crippen molar-refractivity contribution >= 4 is 21.6 Å². The Morgan fingerprint density at radius 3 is 2.45 bits per heavy atom. The first kappa shape index (κ1) is 17.5. The molecule has 0 saturated carbocycles. The van der Waals surface area contributed by atoms with Crippen molar-refractivity contribution in [2.24, 2.45) is 11.8 Å². The van der Waals surface area contributed by atoms with Crippen LogP contribution < -0.4 is 0 Å². The number of hydrogen-bond acceptors (Lipinski definition) is 3. The molecule has 0 aromatic heterocycles. The highest BCUT2D eigenvalue weighted by Crippen LogP contribution is 2.35. The van der Waals surface area contributed by atoms with Gasteiger partial charge in [0.05, 0.1) is 10.6 Å². The number of aliphatic hydroxyl groups excluding tert-OH is 1. The minimum atomic E-state index is -4.59. The molecule has 0 spiro atoms. The predicted octanol–water partition coefficient (Wildman–Crippen LogP) is 2.61. The first-order valence-electron chi connectivity index (χ1n) is 6.55. The standard InChI is InChI=1S/C13H15ClF3NO3S/c1-8-5-18(6-9(8)7-19)22(20,21)12-3-2-10(4-11(12)14)13(15,16)17/h2-4,8-9,19H,5-7H2,1H3/t8-,9+/m1/s1. The summed E-state index contributed by atoms with van der Waals surface area (Å²) in [5.74, 6) is -0.226. The molecular formula is C13H15ClF3NO3S. The fourth-order valence-electron chi connectivity index (χ4n) is 2.45. The maximum Gasteiger partial charge on any atom is 0.416 e. The number of halogens is 4. The van der Waals surface area contributed by atoms with Crippen molar-refractivity contribution in [1.29, 1.82) is 0 Å². The first-order chi connectivity index (χ1) is 10.1. The lowest BCUT2D eigenvalue weighted by atomic mass is 10.00. The molecule has 9 heteroatoms. The average molecular weight is 358 g/mol. The molecule has 1 aliphatic rings. The van der Waals surface area contributed by atoms with Crippen LogP contribution in [0.1, 0.15) is 12.5 Å². The van der Waals surface area contributed by atoms with Gasteiger partial charge in [-0.1, -0.05) is 18.5 Å². The molecule has 1 N–H and O–H groups in total. The van der Waals surface area contributed by atoms with E-state index in [1.807, 2.05) is 6.92 Å². The molecule has 4 nitrogen and oxygen atoms in total. The van der Waals surface area contributed by atoms with Crippen molar-refractivity contribution in [2.75, 3.05) is 19.7 Å². The molecule has 2 rings (SSSR count). The third-order valence-electron chi connectivity index (χ3n) is 3.85. The van der Waals surface area contributed by atoms with E-state index in [1.165, 1.54) is 0 Å². The Balaban J connectivity index is 2.35. The van der Waals surface area contributed by atoms with Crippen LogP contribution in [0, 0.1) is 11.8 Å². The Kier molecular flexibility index (Phi) is 4.77. The van der Waals surface area contributed by atoms with Crippen LogP contribution in [0.2, 0.25) is 5.02 Å². The minimum Gasteiger partial charge on any atom is -0.396 e. The molecule has 0 aliphatic carbocycles. The zero-order valence-corrected chi connectivity index (χ0v) is 13.2. The summed E-state index contributed by atoms with van der Waals surface area (Å²) in [4.78, 5) is -0.354. The van der Waals surface area contributed by atoms with E-state index >= 15 is 0 Å². The van der Waals surface area contributed by atoms with Crippen molar-refractivity contribution in [3.05, 3.63) is 28.8 Å². The summed E-state index contributed by atoms with van der Waals surface area (Å²) in [5, 5.41) is 8.74. The predicted molar refractivity (Wildman–Crippen MR) is 75.0 cm³/mol. The van der Waals surface area contributed by atoms with Crippen LogP contribution in [-0.2, 0) is 16.2 Å². The van der Waals surface area contributed by atoms with E-state index in [1.54, 1.807) is 0 Å². The Hall–Kier alpha value is -0.830. The number of hydrogen-bond donors (Lipinski definition) is 1. The summed E-state index contributed by atoms with van der Waals surface area (Å²) >= 11 is 5.75. The molecule has 1 aromatic rings. The first-order valence-corrected chi connectivity index (χ1v) is 8.37. The van der Waals surface area contributed by atoms with Gasteiger partial charge < -0.3 is 5.11 Å². The fraction of sp³-hybridized carbons (Fsp3) is 0.538. The highest BCUT2D eigenvalue weighted by Gasteiger charge is 2.38. The van der Waals surface area contributed by atoms with Crippen LogP contribution >= 0.6 is 11.6 Å². The van der Waals surface area contributed by atoms with Crippen LogP contribution in [0.15, 0.2) is 23.1 Å². The molecule has 1 fully saturated rings. The molecule has 1 saturated heterocycles. The fourth-order valence-corrected chi connectivity index (χ4v) is 4.56. The molecule has 2 atom stereocenters. The smallest absolute Gasteiger partial charge is 0.396 e. The molecule has 0 amide bonds. The number of nitrogens with zero attached hydrogens (tertiary/aromatic N) is 1. The van der Waals surface area contributed by atoms with Gasteiger partial charge in [0.2, 0.25) is 10.0 Å². The summed E-state index contributed by atoms with van der Waals surface area (Å²) < 4.78 is 63.9. The second kappa shape index (κ2) is 5.99. The molecule has 0 radical (unpaired) electrons. The van der Waals surface area contributed by atoms with Crippen LogP contribution in [0.25, 0.3) is 0 Å². The summed E-state index contributed by atoms with van der Waals surface area (Å²) in [7, 11) is -3.98. The largest absolute Gasteiger partial charge is 0.416 e. The minimum absolute atomic E-state index is 0.0343. The Labute approximate surface area is 131 Å². The zero-order chi connectivity index (χ0) is 16.7. The van der Waals surface area contributed by atoms with Crippen LogP contribution in [0.4, 0.5) is 13.2 Å². The van der Waals surface area contributed by atoms with Gasteiger partial charge in [0.1, 0.15) is 4.90 Å². The van der Waals surface area contributed by atoms with E-state index in [0.717, 1.165) is 10.4 Å². The number of rotatable bonds is 3. The molecule has 1 heterocycles. The normalized spacial score (nSPS) is 23.9. The second-order valence-electron chi connectivity index (χ2n) is 5.38. The third kappa shape index (κ3) is 3.24. The number of aliphatic hydroxyl groups is 1. The van der Waals surface area contributed by atoms with Crippen molar-refractivity contribution < 1.29 is 26.7 Å².